The number of nitrogens with two attached hydrogens (primary N) is 1. The van der Waals surface area contributed by atoms with E-state index in [1.165, 1.54) is 25.7 Å². The molecule has 1 amide bonds. The molecule has 4 N–H and O–H groups in total. The van der Waals surface area contributed by atoms with Gasteiger partial charge in [-0.1, -0.05) is 30.1 Å². The number of hydrogen-bond acceptors (Lipinski definition) is 3. The maximum absolute atomic E-state index is 12.3. The number of nitrogens with one attached hydrogen (secondary N) is 1. The van der Waals surface area contributed by atoms with Crippen molar-refractivity contribution in [1.29, 1.82) is 0 Å². The fourth-order valence-corrected chi connectivity index (χ4v) is 3.47. The van der Waals surface area contributed by atoms with E-state index in [1.807, 2.05) is 6.07 Å². The van der Waals surface area contributed by atoms with Crippen LogP contribution < -0.4 is 11.1 Å². The van der Waals surface area contributed by atoms with Gasteiger partial charge in [0.05, 0.1) is 5.69 Å². The molecule has 20 heavy (non-hydrogen) atoms. The zero-order chi connectivity index (χ0) is 14.1. The van der Waals surface area contributed by atoms with Crippen LogP contribution in [0.25, 0.3) is 0 Å². The number of anilines is 1. The van der Waals surface area contributed by atoms with E-state index in [1.54, 1.807) is 18.2 Å². The Morgan fingerprint density at radius 1 is 1.25 bits per heavy atom. The van der Waals surface area contributed by atoms with Crippen molar-refractivity contribution in [2.45, 2.75) is 25.7 Å². The van der Waals surface area contributed by atoms with Gasteiger partial charge in [-0.15, -0.1) is 0 Å². The minimum atomic E-state index is 0.00844. The lowest BCUT2D eigenvalue weighted by Crippen LogP contribution is -2.20. The number of rotatable bonds is 3. The van der Waals surface area contributed by atoms with Gasteiger partial charge < -0.3 is 16.3 Å². The molecule has 0 bridgehead atoms. The van der Waals surface area contributed by atoms with Crippen molar-refractivity contribution in [2.24, 2.45) is 28.6 Å². The molecule has 106 valence electrons. The van der Waals surface area contributed by atoms with E-state index in [2.05, 4.69) is 10.5 Å². The highest BCUT2D eigenvalue weighted by Gasteiger charge is 2.54. The number of amides is 1. The van der Waals surface area contributed by atoms with E-state index in [-0.39, 0.29) is 17.7 Å². The van der Waals surface area contributed by atoms with Gasteiger partial charge in [0.25, 0.3) is 0 Å². The maximum atomic E-state index is 12.3. The molecule has 2 fully saturated rings. The van der Waals surface area contributed by atoms with Crippen molar-refractivity contribution in [3.8, 4) is 0 Å². The van der Waals surface area contributed by atoms with E-state index in [0.29, 0.717) is 23.1 Å². The van der Waals surface area contributed by atoms with Crippen LogP contribution in [0.3, 0.4) is 0 Å². The Bertz CT molecular complexity index is 544. The van der Waals surface area contributed by atoms with Gasteiger partial charge in [0.2, 0.25) is 5.91 Å². The van der Waals surface area contributed by atoms with Gasteiger partial charge in [0.15, 0.2) is 5.84 Å². The predicted molar refractivity (Wildman–Crippen MR) is 76.5 cm³/mol. The van der Waals surface area contributed by atoms with Crippen molar-refractivity contribution in [1.82, 2.24) is 0 Å². The van der Waals surface area contributed by atoms with Crippen molar-refractivity contribution >= 4 is 17.4 Å². The van der Waals surface area contributed by atoms with Gasteiger partial charge in [-0.3, -0.25) is 4.79 Å². The van der Waals surface area contributed by atoms with Gasteiger partial charge in [-0.05, 0) is 36.8 Å². The third-order valence-corrected chi connectivity index (χ3v) is 4.53. The van der Waals surface area contributed by atoms with Gasteiger partial charge in [0.1, 0.15) is 0 Å². The molecule has 0 radical (unpaired) electrons. The third kappa shape index (κ3) is 2.24. The van der Waals surface area contributed by atoms with Crippen molar-refractivity contribution in [2.75, 3.05) is 5.32 Å². The van der Waals surface area contributed by atoms with Crippen LogP contribution in [0, 0.1) is 17.8 Å². The SMILES string of the molecule is N/C(=N/O)c1ccccc1NC(=O)C1C2CCCCC21. The van der Waals surface area contributed by atoms with Crippen LogP contribution in [-0.4, -0.2) is 17.0 Å². The second-order valence-corrected chi connectivity index (χ2v) is 5.66. The van der Waals surface area contributed by atoms with Crippen LogP contribution in [0.2, 0.25) is 0 Å². The smallest absolute Gasteiger partial charge is 0.228 e. The lowest BCUT2D eigenvalue weighted by Gasteiger charge is -2.09. The van der Waals surface area contributed by atoms with Crippen molar-refractivity contribution in [3.63, 3.8) is 0 Å². The standard InChI is InChI=1S/C15H19N3O2/c16-14(18-20)11-7-3-4-8-12(11)17-15(19)13-9-5-1-2-6-10(9)13/h3-4,7-10,13,20H,1-2,5-6H2,(H2,16,18)(H,17,19). The van der Waals surface area contributed by atoms with Crippen LogP contribution in [0.4, 0.5) is 5.69 Å². The maximum Gasteiger partial charge on any atom is 0.228 e. The monoisotopic (exact) mass is 273 g/mol. The van der Waals surface area contributed by atoms with E-state index in [9.17, 15) is 4.79 Å². The zero-order valence-electron chi connectivity index (χ0n) is 11.2. The predicted octanol–water partition coefficient (Wildman–Crippen LogP) is 2.16. The number of benzene rings is 1. The molecule has 3 rings (SSSR count). The van der Waals surface area contributed by atoms with Gasteiger partial charge in [-0.2, -0.15) is 0 Å². The lowest BCUT2D eigenvalue weighted by molar-refractivity contribution is -0.117. The van der Waals surface area contributed by atoms with Crippen LogP contribution in [0.15, 0.2) is 29.4 Å². The van der Waals surface area contributed by atoms with E-state index >= 15 is 0 Å². The summed E-state index contributed by atoms with van der Waals surface area (Å²) in [7, 11) is 0. The Hall–Kier alpha value is -2.04. The number of para-hydroxylation sites is 1. The first-order valence-electron chi connectivity index (χ1n) is 7.10. The number of hydrogen-bond donors (Lipinski definition) is 3. The van der Waals surface area contributed by atoms with Gasteiger partial charge >= 0.3 is 0 Å². The summed E-state index contributed by atoms with van der Waals surface area (Å²) in [5, 5.41) is 14.7. The molecule has 0 saturated heterocycles. The Morgan fingerprint density at radius 3 is 2.55 bits per heavy atom. The summed E-state index contributed by atoms with van der Waals surface area (Å²) in [6.45, 7) is 0. The summed E-state index contributed by atoms with van der Waals surface area (Å²) in [6.07, 6.45) is 4.83. The Kier molecular flexibility index (Phi) is 3.34. The van der Waals surface area contributed by atoms with E-state index in [4.69, 9.17) is 10.9 Å². The summed E-state index contributed by atoms with van der Waals surface area (Å²) < 4.78 is 0. The van der Waals surface area contributed by atoms with Crippen molar-refractivity contribution < 1.29 is 10.0 Å². The topological polar surface area (TPSA) is 87.7 Å². The highest BCUT2D eigenvalue weighted by atomic mass is 16.4. The largest absolute Gasteiger partial charge is 0.409 e. The molecular formula is C15H19N3O2. The molecule has 5 heteroatoms. The summed E-state index contributed by atoms with van der Waals surface area (Å²) in [4.78, 5) is 12.3. The van der Waals surface area contributed by atoms with Gasteiger partial charge in [-0.25, -0.2) is 0 Å². The number of fused-ring (bicyclic) bond motifs is 1. The highest BCUT2D eigenvalue weighted by Crippen LogP contribution is 2.55. The van der Waals surface area contributed by atoms with E-state index in [0.717, 1.165) is 0 Å². The lowest BCUT2D eigenvalue weighted by atomic mass is 10.0. The normalized spacial score (nSPS) is 28.6. The molecule has 5 nitrogen and oxygen atoms in total. The number of amidine groups is 1. The molecule has 2 aliphatic rings. The minimum absolute atomic E-state index is 0.00844. The molecule has 2 atom stereocenters. The Balaban J connectivity index is 1.74. The summed E-state index contributed by atoms with van der Waals surface area (Å²) in [5.41, 5.74) is 6.78. The number of carbonyl (C=O) groups excluding carboxylic acids is 1. The fourth-order valence-electron chi connectivity index (χ4n) is 3.47. The number of carbonyl (C=O) groups is 1. The molecular weight excluding hydrogens is 254 g/mol. The average Bonchev–Trinajstić information content (AvgIpc) is 3.21. The first-order chi connectivity index (χ1) is 9.72. The summed E-state index contributed by atoms with van der Waals surface area (Å²) >= 11 is 0. The summed E-state index contributed by atoms with van der Waals surface area (Å²) in [5.74, 6) is 1.37. The van der Waals surface area contributed by atoms with E-state index < -0.39 is 0 Å². The molecule has 1 aromatic carbocycles. The van der Waals surface area contributed by atoms with Crippen LogP contribution in [0.5, 0.6) is 0 Å². The third-order valence-electron chi connectivity index (χ3n) is 4.53. The molecule has 2 aliphatic carbocycles. The molecule has 0 aliphatic heterocycles. The second kappa shape index (κ2) is 5.15. The quantitative estimate of drug-likeness (QED) is 0.341. The average molecular weight is 273 g/mol. The second-order valence-electron chi connectivity index (χ2n) is 5.66. The highest BCUT2D eigenvalue weighted by molar-refractivity contribution is 6.06. The fraction of sp³-hybridized carbons (Fsp3) is 0.467. The molecule has 0 heterocycles. The number of nitrogens with zero attached hydrogens (tertiary/aromatic N) is 1. The Morgan fingerprint density at radius 2 is 1.90 bits per heavy atom. The van der Waals surface area contributed by atoms with Gasteiger partial charge in [0, 0.05) is 11.5 Å². The van der Waals surface area contributed by atoms with Crippen LogP contribution in [-0.2, 0) is 4.79 Å². The van der Waals surface area contributed by atoms with Crippen molar-refractivity contribution in [3.05, 3.63) is 29.8 Å². The first-order valence-corrected chi connectivity index (χ1v) is 7.10. The van der Waals surface area contributed by atoms with Crippen LogP contribution >= 0.6 is 0 Å². The molecule has 2 saturated carbocycles. The zero-order valence-corrected chi connectivity index (χ0v) is 11.2. The Labute approximate surface area is 117 Å². The summed E-state index contributed by atoms with van der Waals surface area (Å²) in [6, 6.07) is 7.12. The number of oxime groups is 1. The molecule has 1 aromatic rings. The van der Waals surface area contributed by atoms with Crippen LogP contribution in [0.1, 0.15) is 31.2 Å². The minimum Gasteiger partial charge on any atom is -0.409 e. The molecule has 0 aromatic heterocycles. The molecule has 0 spiro atoms. The molecule has 2 unspecified atom stereocenters. The first kappa shape index (κ1) is 13.0.